The summed E-state index contributed by atoms with van der Waals surface area (Å²) in [4.78, 5) is 2.84. The monoisotopic (exact) mass is 347 g/mol. The summed E-state index contributed by atoms with van der Waals surface area (Å²) in [6.45, 7) is 0. The Morgan fingerprint density at radius 3 is 2.09 bits per heavy atom. The van der Waals surface area contributed by atoms with E-state index in [1.54, 1.807) is 41.1 Å². The number of hydrogen-bond acceptors (Lipinski definition) is 2. The van der Waals surface area contributed by atoms with E-state index in [0.717, 1.165) is 0 Å². The van der Waals surface area contributed by atoms with Gasteiger partial charge in [0.15, 0.2) is 4.77 Å². The van der Waals surface area contributed by atoms with E-state index < -0.39 is 9.52 Å². The smallest absolute Gasteiger partial charge is 0.194 e. The van der Waals surface area contributed by atoms with Crippen molar-refractivity contribution in [3.63, 3.8) is 0 Å². The molecule has 0 spiro atoms. The van der Waals surface area contributed by atoms with Crippen LogP contribution in [-0.4, -0.2) is 24.3 Å². The molecule has 3 rings (SSSR count). The van der Waals surface area contributed by atoms with Crippen LogP contribution in [0.1, 0.15) is 16.7 Å². The van der Waals surface area contributed by atoms with Crippen molar-refractivity contribution >= 4 is 21.7 Å². The minimum Gasteiger partial charge on any atom is -0.321 e. The molecule has 3 nitrogen and oxygen atoms in total. The van der Waals surface area contributed by atoms with E-state index in [2.05, 4.69) is 10.1 Å². The highest BCUT2D eigenvalue weighted by Crippen LogP contribution is 2.28. The second-order valence-electron chi connectivity index (χ2n) is 5.20. The highest BCUT2D eigenvalue weighted by molar-refractivity contribution is 7.71. The maximum absolute atomic E-state index is 14.3. The zero-order valence-electron chi connectivity index (χ0n) is 12.2. The van der Waals surface area contributed by atoms with E-state index in [4.69, 9.17) is 12.2 Å². The van der Waals surface area contributed by atoms with Crippen LogP contribution in [0.4, 0.5) is 8.78 Å². The van der Waals surface area contributed by atoms with Crippen molar-refractivity contribution in [2.24, 2.45) is 0 Å². The predicted octanol–water partition coefficient (Wildman–Crippen LogP) is 3.13. The van der Waals surface area contributed by atoms with Crippen LogP contribution in [0.25, 0.3) is 0 Å². The van der Waals surface area contributed by atoms with Crippen LogP contribution in [0.15, 0.2) is 54.9 Å². The number of nitrogens with zero attached hydrogens (tertiary/aromatic N) is 2. The van der Waals surface area contributed by atoms with Crippen molar-refractivity contribution in [1.82, 2.24) is 14.8 Å². The Balaban J connectivity index is 1.97. The lowest BCUT2D eigenvalue weighted by atomic mass is 10.0. The third-order valence-corrected chi connectivity index (χ3v) is 6.28. The number of aromatic amines is 1. The molecular formula is C16H15F2N3SSi. The van der Waals surface area contributed by atoms with Gasteiger partial charge in [-0.15, -0.1) is 0 Å². The number of rotatable bonds is 5. The zero-order valence-corrected chi connectivity index (χ0v) is 14.5. The molecule has 3 aromatic rings. The summed E-state index contributed by atoms with van der Waals surface area (Å²) < 4.78 is 30.7. The van der Waals surface area contributed by atoms with Gasteiger partial charge in [0.05, 0.1) is 9.52 Å². The molecule has 0 aliphatic rings. The fourth-order valence-corrected chi connectivity index (χ4v) is 5.16. The Morgan fingerprint density at radius 2 is 1.61 bits per heavy atom. The first-order valence-corrected chi connectivity index (χ1v) is 9.48. The summed E-state index contributed by atoms with van der Waals surface area (Å²) in [5.74, 6) is -0.613. The van der Waals surface area contributed by atoms with Crippen LogP contribution in [0.3, 0.4) is 0 Å². The molecule has 2 aromatic carbocycles. The summed E-state index contributed by atoms with van der Waals surface area (Å²) >= 11 is 5.14. The Morgan fingerprint density at radius 1 is 1.04 bits per heavy atom. The molecule has 0 atom stereocenters. The molecule has 0 fully saturated rings. The van der Waals surface area contributed by atoms with Crippen molar-refractivity contribution in [2.45, 2.75) is 11.7 Å². The van der Waals surface area contributed by atoms with Crippen molar-refractivity contribution < 1.29 is 8.78 Å². The van der Waals surface area contributed by atoms with Gasteiger partial charge < -0.3 is 4.98 Å². The van der Waals surface area contributed by atoms with Crippen LogP contribution in [0.2, 0.25) is 0 Å². The summed E-state index contributed by atoms with van der Waals surface area (Å²) in [7, 11) is -0.971. The van der Waals surface area contributed by atoms with E-state index in [-0.39, 0.29) is 17.2 Å². The third-order valence-electron chi connectivity index (χ3n) is 3.81. The second-order valence-corrected chi connectivity index (χ2v) is 7.43. The normalized spacial score (nSPS) is 11.6. The Hall–Kier alpha value is -2.12. The summed E-state index contributed by atoms with van der Waals surface area (Å²) in [6.07, 6.45) is 2.13. The second kappa shape index (κ2) is 6.97. The van der Waals surface area contributed by atoms with Crippen LogP contribution in [0.5, 0.6) is 0 Å². The lowest BCUT2D eigenvalue weighted by molar-refractivity contribution is 0.593. The van der Waals surface area contributed by atoms with Crippen molar-refractivity contribution in [3.05, 3.63) is 82.4 Å². The van der Waals surface area contributed by atoms with Gasteiger partial charge >= 0.3 is 0 Å². The van der Waals surface area contributed by atoms with Gasteiger partial charge in [-0.05, 0) is 35.5 Å². The number of halogens is 2. The maximum Gasteiger partial charge on any atom is 0.194 e. The standard InChI is InChI=1S/C16H15F2N3SSi/c17-13-7-3-1-5-11(13)15(12-6-2-4-8-14(12)18)23-10-21-16(22)19-9-20-21/h1-9,15H,10,23H2,(H,19,20,22). The lowest BCUT2D eigenvalue weighted by Gasteiger charge is -2.19. The molecule has 23 heavy (non-hydrogen) atoms. The van der Waals surface area contributed by atoms with Gasteiger partial charge in [-0.1, -0.05) is 36.4 Å². The highest BCUT2D eigenvalue weighted by Gasteiger charge is 2.21. The fraction of sp³-hybridized carbons (Fsp3) is 0.125. The van der Waals surface area contributed by atoms with Gasteiger partial charge in [-0.2, -0.15) is 5.10 Å². The number of hydrogen-bond donors (Lipinski definition) is 1. The van der Waals surface area contributed by atoms with Crippen LogP contribution >= 0.6 is 12.2 Å². The molecule has 1 aromatic heterocycles. The first-order valence-electron chi connectivity index (χ1n) is 7.26. The van der Waals surface area contributed by atoms with Gasteiger partial charge in [-0.3, -0.25) is 0 Å². The van der Waals surface area contributed by atoms with Crippen molar-refractivity contribution in [2.75, 3.05) is 0 Å². The number of benzene rings is 2. The maximum atomic E-state index is 14.3. The summed E-state index contributed by atoms with van der Waals surface area (Å²) in [6, 6.07) is 13.1. The Bertz CT molecular complexity index is 817. The summed E-state index contributed by atoms with van der Waals surface area (Å²) in [5.41, 5.74) is 0.800. The molecule has 0 radical (unpaired) electrons. The molecule has 118 valence electrons. The molecule has 0 unspecified atom stereocenters. The minimum absolute atomic E-state index is 0.268. The molecule has 0 aliphatic heterocycles. The number of H-pyrrole nitrogens is 1. The Labute approximate surface area is 139 Å². The van der Waals surface area contributed by atoms with Crippen molar-refractivity contribution in [3.8, 4) is 0 Å². The van der Waals surface area contributed by atoms with Crippen LogP contribution in [-0.2, 0) is 6.17 Å². The minimum atomic E-state index is -0.971. The average molecular weight is 347 g/mol. The lowest BCUT2D eigenvalue weighted by Crippen LogP contribution is -2.19. The quantitative estimate of drug-likeness (QED) is 0.568. The topological polar surface area (TPSA) is 33.6 Å². The predicted molar refractivity (Wildman–Crippen MR) is 90.6 cm³/mol. The molecule has 7 heteroatoms. The first kappa shape index (κ1) is 15.8. The summed E-state index contributed by atoms with van der Waals surface area (Å²) in [5, 5.41) is 4.12. The van der Waals surface area contributed by atoms with Gasteiger partial charge in [0.25, 0.3) is 0 Å². The molecule has 0 saturated heterocycles. The molecule has 1 N–H and O–H groups in total. The number of aromatic nitrogens is 3. The van der Waals surface area contributed by atoms with Gasteiger partial charge in [0, 0.05) is 11.7 Å². The van der Waals surface area contributed by atoms with E-state index >= 15 is 0 Å². The first-order chi connectivity index (χ1) is 11.2. The Kier molecular flexibility index (Phi) is 4.78. The molecule has 0 saturated carbocycles. The van der Waals surface area contributed by atoms with Crippen LogP contribution in [0, 0.1) is 16.4 Å². The van der Waals surface area contributed by atoms with Gasteiger partial charge in [0.2, 0.25) is 0 Å². The third kappa shape index (κ3) is 3.46. The van der Waals surface area contributed by atoms with E-state index in [1.165, 1.54) is 18.5 Å². The van der Waals surface area contributed by atoms with Gasteiger partial charge in [-0.25, -0.2) is 13.5 Å². The number of nitrogens with one attached hydrogen (secondary N) is 1. The molecule has 0 aliphatic carbocycles. The molecule has 1 heterocycles. The van der Waals surface area contributed by atoms with Crippen LogP contribution < -0.4 is 0 Å². The van der Waals surface area contributed by atoms with Crippen molar-refractivity contribution in [1.29, 1.82) is 0 Å². The molecule has 0 bridgehead atoms. The highest BCUT2D eigenvalue weighted by atomic mass is 32.1. The SMILES string of the molecule is Fc1ccccc1C([SiH2]Cn1nc[nH]c1=S)c1ccccc1F. The zero-order chi connectivity index (χ0) is 16.2. The largest absolute Gasteiger partial charge is 0.321 e. The average Bonchev–Trinajstić information content (AvgIpc) is 2.96. The molecule has 0 amide bonds. The van der Waals surface area contributed by atoms with E-state index in [1.807, 2.05) is 0 Å². The molecular weight excluding hydrogens is 332 g/mol. The van der Waals surface area contributed by atoms with E-state index in [0.29, 0.717) is 22.1 Å². The van der Waals surface area contributed by atoms with Gasteiger partial charge in [0.1, 0.15) is 18.0 Å². The van der Waals surface area contributed by atoms with E-state index in [9.17, 15) is 8.78 Å². The fourth-order valence-electron chi connectivity index (χ4n) is 2.69.